The minimum atomic E-state index is 0.0868. The highest BCUT2D eigenvalue weighted by atomic mass is 14.3. The van der Waals surface area contributed by atoms with Crippen LogP contribution in [0.1, 0.15) is 139 Å². The maximum atomic E-state index is 2.48. The van der Waals surface area contributed by atoms with E-state index in [1.807, 2.05) is 0 Å². The van der Waals surface area contributed by atoms with Gasteiger partial charge in [-0.3, -0.25) is 0 Å². The summed E-state index contributed by atoms with van der Waals surface area (Å²) in [7, 11) is 0. The molecule has 0 saturated heterocycles. The second kappa shape index (κ2) is 11.0. The van der Waals surface area contributed by atoms with Crippen molar-refractivity contribution in [1.82, 2.24) is 0 Å². The summed E-state index contributed by atoms with van der Waals surface area (Å²) in [6, 6.07) is 28.1. The van der Waals surface area contributed by atoms with E-state index in [1.54, 1.807) is 0 Å². The highest BCUT2D eigenvalue weighted by molar-refractivity contribution is 5.99. The van der Waals surface area contributed by atoms with Crippen LogP contribution in [0.5, 0.6) is 0 Å². The zero-order valence-electron chi connectivity index (χ0n) is 30.5. The molecule has 0 heteroatoms. The van der Waals surface area contributed by atoms with Gasteiger partial charge in [-0.2, -0.15) is 0 Å². The fourth-order valence-electron chi connectivity index (χ4n) is 7.45. The Morgan fingerprint density at radius 3 is 1.02 bits per heavy atom. The summed E-state index contributed by atoms with van der Waals surface area (Å²) in [5.74, 6) is 0. The van der Waals surface area contributed by atoms with Crippen molar-refractivity contribution in [3.63, 3.8) is 0 Å². The maximum Gasteiger partial charge on any atom is -0.00105 e. The molecule has 0 fully saturated rings. The summed E-state index contributed by atoms with van der Waals surface area (Å²) in [4.78, 5) is 0. The minimum Gasteiger partial charge on any atom is -0.0616 e. The van der Waals surface area contributed by atoms with E-state index in [1.165, 1.54) is 77.9 Å². The van der Waals surface area contributed by atoms with Crippen LogP contribution >= 0.6 is 0 Å². The molecule has 0 spiro atoms. The minimum absolute atomic E-state index is 0.0868. The van der Waals surface area contributed by atoms with Crippen LogP contribution in [0, 0.1) is 0 Å². The van der Waals surface area contributed by atoms with Crippen molar-refractivity contribution in [3.05, 3.63) is 128 Å². The van der Waals surface area contributed by atoms with Crippen LogP contribution in [0.25, 0.3) is 34.4 Å². The van der Waals surface area contributed by atoms with Gasteiger partial charge in [-0.1, -0.05) is 168 Å². The standard InChI is InChI=1S/C46H54/c1-43(2,3)33-23-29-21-31(25-39(29)41(27-33)45(7,8)9)35-17-13-15-19-37(35)38-20-16-14-18-36(38)32-22-30-24-34(44(4,5)6)28-42(40(30)26-32)46(10,11)12/h13-24,27-28H,25-26H2,1-12H3. The lowest BCUT2D eigenvalue weighted by molar-refractivity contribution is 0.564. The molecule has 0 saturated carbocycles. The van der Waals surface area contributed by atoms with E-state index in [0.29, 0.717) is 0 Å². The van der Waals surface area contributed by atoms with Gasteiger partial charge in [0.2, 0.25) is 0 Å². The molecule has 2 aliphatic rings. The molecule has 46 heavy (non-hydrogen) atoms. The molecule has 2 aliphatic carbocycles. The molecule has 0 heterocycles. The van der Waals surface area contributed by atoms with Crippen molar-refractivity contribution < 1.29 is 0 Å². The second-order valence-electron chi connectivity index (χ2n) is 18.0. The fourth-order valence-corrected chi connectivity index (χ4v) is 7.45. The molecule has 0 atom stereocenters. The number of rotatable bonds is 3. The third-order valence-corrected chi connectivity index (χ3v) is 10.1. The van der Waals surface area contributed by atoms with Crippen molar-refractivity contribution in [2.75, 3.05) is 0 Å². The smallest absolute Gasteiger partial charge is 0.00105 e. The normalized spacial score (nSPS) is 15.0. The average molecular weight is 607 g/mol. The first-order valence-electron chi connectivity index (χ1n) is 17.3. The lowest BCUT2D eigenvalue weighted by Gasteiger charge is -2.28. The van der Waals surface area contributed by atoms with Gasteiger partial charge in [0.1, 0.15) is 0 Å². The van der Waals surface area contributed by atoms with Gasteiger partial charge >= 0.3 is 0 Å². The molecule has 0 aliphatic heterocycles. The Kier molecular flexibility index (Phi) is 7.71. The molecule has 6 rings (SSSR count). The Hall–Kier alpha value is -3.64. The van der Waals surface area contributed by atoms with Crippen LogP contribution in [-0.2, 0) is 34.5 Å². The van der Waals surface area contributed by atoms with Gasteiger partial charge in [0.25, 0.3) is 0 Å². The predicted molar refractivity (Wildman–Crippen MR) is 203 cm³/mol. The summed E-state index contributed by atoms with van der Waals surface area (Å²) >= 11 is 0. The van der Waals surface area contributed by atoms with E-state index < -0.39 is 0 Å². The van der Waals surface area contributed by atoms with Gasteiger partial charge in [-0.05, 0) is 112 Å². The molecule has 0 nitrogen and oxygen atoms in total. The first kappa shape index (κ1) is 32.3. The molecular formula is C46H54. The van der Waals surface area contributed by atoms with Crippen LogP contribution in [0.4, 0.5) is 0 Å². The monoisotopic (exact) mass is 606 g/mol. The van der Waals surface area contributed by atoms with Gasteiger partial charge in [0.05, 0.1) is 0 Å². The zero-order chi connectivity index (χ0) is 33.4. The van der Waals surface area contributed by atoms with Gasteiger partial charge in [-0.15, -0.1) is 0 Å². The van der Waals surface area contributed by atoms with Crippen LogP contribution in [0.2, 0.25) is 0 Å². The first-order chi connectivity index (χ1) is 21.3. The van der Waals surface area contributed by atoms with Gasteiger partial charge in [0, 0.05) is 0 Å². The summed E-state index contributed by atoms with van der Waals surface area (Å²) in [5, 5.41) is 0. The van der Waals surface area contributed by atoms with Gasteiger partial charge in [-0.25, -0.2) is 0 Å². The van der Waals surface area contributed by atoms with Crippen molar-refractivity contribution in [1.29, 1.82) is 0 Å². The van der Waals surface area contributed by atoms with Crippen molar-refractivity contribution >= 4 is 23.3 Å². The van der Waals surface area contributed by atoms with Crippen molar-refractivity contribution in [2.45, 2.75) is 118 Å². The molecular weight excluding hydrogens is 553 g/mol. The molecule has 4 aromatic carbocycles. The van der Waals surface area contributed by atoms with E-state index >= 15 is 0 Å². The molecule has 238 valence electrons. The quantitative estimate of drug-likeness (QED) is 0.218. The summed E-state index contributed by atoms with van der Waals surface area (Å²) in [6.45, 7) is 28.2. The number of benzene rings is 4. The van der Waals surface area contributed by atoms with E-state index in [-0.39, 0.29) is 21.7 Å². The van der Waals surface area contributed by atoms with Crippen molar-refractivity contribution in [2.24, 2.45) is 0 Å². The van der Waals surface area contributed by atoms with Gasteiger partial charge in [0.15, 0.2) is 0 Å². The third-order valence-electron chi connectivity index (χ3n) is 10.1. The molecule has 0 amide bonds. The van der Waals surface area contributed by atoms with E-state index in [9.17, 15) is 0 Å². The number of hydrogen-bond donors (Lipinski definition) is 0. The largest absolute Gasteiger partial charge is 0.0616 e. The summed E-state index contributed by atoms with van der Waals surface area (Å²) in [6.07, 6.45) is 6.92. The zero-order valence-corrected chi connectivity index (χ0v) is 30.5. The number of hydrogen-bond acceptors (Lipinski definition) is 0. The van der Waals surface area contributed by atoms with Gasteiger partial charge < -0.3 is 0 Å². The van der Waals surface area contributed by atoms with E-state index in [2.05, 4.69) is 168 Å². The lowest BCUT2D eigenvalue weighted by Crippen LogP contribution is -2.19. The molecule has 0 N–H and O–H groups in total. The predicted octanol–water partition coefficient (Wildman–Crippen LogP) is 12.7. The Morgan fingerprint density at radius 1 is 0.391 bits per heavy atom. The second-order valence-corrected chi connectivity index (χ2v) is 18.0. The number of allylic oxidation sites excluding steroid dienone is 2. The molecule has 0 bridgehead atoms. The van der Waals surface area contributed by atoms with Crippen LogP contribution < -0.4 is 0 Å². The Balaban J connectivity index is 1.45. The SMILES string of the molecule is CC(C)(C)c1cc2c(c(C(C)(C)C)c1)CC(c1ccccc1-c1ccccc1C1=Cc3cc(C(C)(C)C)cc(C(C)(C)C)c3C1)=C2. The Labute approximate surface area is 279 Å². The summed E-state index contributed by atoms with van der Waals surface area (Å²) in [5.41, 5.74) is 20.2. The molecule has 0 radical (unpaired) electrons. The van der Waals surface area contributed by atoms with Crippen LogP contribution in [0.3, 0.4) is 0 Å². The van der Waals surface area contributed by atoms with E-state index in [0.717, 1.165) is 12.8 Å². The molecule has 4 aromatic rings. The summed E-state index contributed by atoms with van der Waals surface area (Å²) < 4.78 is 0. The van der Waals surface area contributed by atoms with E-state index in [4.69, 9.17) is 0 Å². The van der Waals surface area contributed by atoms with Crippen LogP contribution in [0.15, 0.2) is 72.8 Å². The fraction of sp³-hybridized carbons (Fsp3) is 0.391. The third kappa shape index (κ3) is 5.97. The maximum absolute atomic E-state index is 2.48. The highest BCUT2D eigenvalue weighted by Gasteiger charge is 2.30. The molecule has 0 unspecified atom stereocenters. The lowest BCUT2D eigenvalue weighted by atomic mass is 9.77. The molecule has 0 aromatic heterocycles. The number of fused-ring (bicyclic) bond motifs is 2. The van der Waals surface area contributed by atoms with Crippen LogP contribution in [-0.4, -0.2) is 0 Å². The Morgan fingerprint density at radius 2 is 0.717 bits per heavy atom. The topological polar surface area (TPSA) is 0 Å². The average Bonchev–Trinajstić information content (AvgIpc) is 3.58. The first-order valence-corrected chi connectivity index (χ1v) is 17.3. The highest BCUT2D eigenvalue weighted by Crippen LogP contribution is 2.46. The van der Waals surface area contributed by atoms with Crippen molar-refractivity contribution in [3.8, 4) is 11.1 Å². The Bertz CT molecular complexity index is 1750.